The highest BCUT2D eigenvalue weighted by Gasteiger charge is 2.29. The highest BCUT2D eigenvalue weighted by atomic mass is 32.2. The first-order chi connectivity index (χ1) is 7.36. The van der Waals surface area contributed by atoms with Crippen LogP contribution in [0.15, 0.2) is 23.1 Å². The number of ether oxygens (including phenoxy) is 1. The van der Waals surface area contributed by atoms with Crippen molar-refractivity contribution in [3.05, 3.63) is 23.8 Å². The Morgan fingerprint density at radius 1 is 1.44 bits per heavy atom. The molecule has 16 heavy (non-hydrogen) atoms. The second-order valence-electron chi connectivity index (χ2n) is 4.07. The van der Waals surface area contributed by atoms with Gasteiger partial charge in [-0.25, -0.2) is 0 Å². The molecule has 0 aromatic heterocycles. The summed E-state index contributed by atoms with van der Waals surface area (Å²) >= 11 is 1.29. The van der Waals surface area contributed by atoms with Crippen LogP contribution in [0, 0.1) is 6.92 Å². The van der Waals surface area contributed by atoms with Gasteiger partial charge in [-0.1, -0.05) is 6.07 Å². The highest BCUT2D eigenvalue weighted by molar-refractivity contribution is 8.01. The van der Waals surface area contributed by atoms with Crippen LogP contribution < -0.4 is 4.74 Å². The summed E-state index contributed by atoms with van der Waals surface area (Å²) in [5, 5.41) is 9.07. The molecular weight excluding hydrogens is 224 g/mol. The maximum Gasteiger partial charge on any atom is 0.319 e. The molecular formula is C12H16O3S. The van der Waals surface area contributed by atoms with E-state index in [1.807, 2.05) is 25.1 Å². The number of carboxylic acid groups (broad SMARTS) is 1. The third kappa shape index (κ3) is 2.92. The van der Waals surface area contributed by atoms with Crippen molar-refractivity contribution in [1.82, 2.24) is 0 Å². The fourth-order valence-corrected chi connectivity index (χ4v) is 2.32. The predicted octanol–water partition coefficient (Wildman–Crippen LogP) is 2.96. The fraction of sp³-hybridized carbons (Fsp3) is 0.417. The number of aryl methyl sites for hydroxylation is 1. The molecule has 0 spiro atoms. The zero-order chi connectivity index (χ0) is 12.3. The van der Waals surface area contributed by atoms with Gasteiger partial charge in [0.05, 0.1) is 12.0 Å². The molecule has 0 saturated heterocycles. The minimum absolute atomic E-state index is 0.713. The predicted molar refractivity (Wildman–Crippen MR) is 65.3 cm³/mol. The smallest absolute Gasteiger partial charge is 0.319 e. The van der Waals surface area contributed by atoms with E-state index in [0.29, 0.717) is 5.75 Å². The van der Waals surface area contributed by atoms with Crippen molar-refractivity contribution in [3.63, 3.8) is 0 Å². The van der Waals surface area contributed by atoms with Crippen molar-refractivity contribution in [3.8, 4) is 5.75 Å². The Bertz CT molecular complexity index is 399. The number of thioether (sulfide) groups is 1. The third-order valence-corrected chi connectivity index (χ3v) is 3.42. The van der Waals surface area contributed by atoms with Crippen LogP contribution in [0.25, 0.3) is 0 Å². The molecule has 1 aromatic carbocycles. The van der Waals surface area contributed by atoms with E-state index in [2.05, 4.69) is 0 Å². The van der Waals surface area contributed by atoms with Crippen molar-refractivity contribution >= 4 is 17.7 Å². The lowest BCUT2D eigenvalue weighted by molar-refractivity contribution is -0.138. The third-order valence-electron chi connectivity index (χ3n) is 2.20. The number of benzene rings is 1. The zero-order valence-electron chi connectivity index (χ0n) is 9.90. The zero-order valence-corrected chi connectivity index (χ0v) is 10.7. The molecule has 0 radical (unpaired) electrons. The second kappa shape index (κ2) is 4.78. The molecule has 0 fully saturated rings. The van der Waals surface area contributed by atoms with Crippen LogP contribution in [0.4, 0.5) is 0 Å². The molecule has 3 nitrogen and oxygen atoms in total. The van der Waals surface area contributed by atoms with E-state index in [1.54, 1.807) is 21.0 Å². The summed E-state index contributed by atoms with van der Waals surface area (Å²) in [7, 11) is 1.59. The second-order valence-corrected chi connectivity index (χ2v) is 5.74. The monoisotopic (exact) mass is 240 g/mol. The van der Waals surface area contributed by atoms with Crippen molar-refractivity contribution in [2.24, 2.45) is 0 Å². The SMILES string of the molecule is COc1ccc(C)cc1SC(C)(C)C(=O)O. The Hall–Kier alpha value is -1.16. The number of hydrogen-bond donors (Lipinski definition) is 1. The average molecular weight is 240 g/mol. The molecule has 0 bridgehead atoms. The molecule has 0 aliphatic heterocycles. The van der Waals surface area contributed by atoms with Crippen molar-refractivity contribution < 1.29 is 14.6 Å². The van der Waals surface area contributed by atoms with E-state index in [9.17, 15) is 4.79 Å². The summed E-state index contributed by atoms with van der Waals surface area (Å²) in [6, 6.07) is 5.74. The van der Waals surface area contributed by atoms with E-state index in [-0.39, 0.29) is 0 Å². The Labute approximate surface area is 99.8 Å². The summed E-state index contributed by atoms with van der Waals surface area (Å²) in [6.45, 7) is 5.33. The Balaban J connectivity index is 3.04. The van der Waals surface area contributed by atoms with Gasteiger partial charge in [-0.05, 0) is 38.5 Å². The van der Waals surface area contributed by atoms with Gasteiger partial charge in [0.15, 0.2) is 0 Å². The van der Waals surface area contributed by atoms with E-state index in [1.165, 1.54) is 11.8 Å². The maximum absolute atomic E-state index is 11.0. The summed E-state index contributed by atoms with van der Waals surface area (Å²) in [4.78, 5) is 11.9. The van der Waals surface area contributed by atoms with Crippen LogP contribution in [-0.2, 0) is 4.79 Å². The molecule has 0 aliphatic carbocycles. The van der Waals surface area contributed by atoms with Gasteiger partial charge in [0, 0.05) is 0 Å². The van der Waals surface area contributed by atoms with Gasteiger partial charge < -0.3 is 9.84 Å². The first-order valence-corrected chi connectivity index (χ1v) is 5.75. The van der Waals surface area contributed by atoms with E-state index < -0.39 is 10.7 Å². The van der Waals surface area contributed by atoms with Crippen LogP contribution in [-0.4, -0.2) is 22.9 Å². The van der Waals surface area contributed by atoms with Gasteiger partial charge >= 0.3 is 5.97 Å². The number of hydrogen-bond acceptors (Lipinski definition) is 3. The Kier molecular flexibility index (Phi) is 3.86. The molecule has 0 unspecified atom stereocenters. The fourth-order valence-electron chi connectivity index (χ4n) is 1.18. The average Bonchev–Trinajstić information content (AvgIpc) is 2.17. The van der Waals surface area contributed by atoms with Gasteiger partial charge in [0.1, 0.15) is 10.5 Å². The molecule has 0 saturated carbocycles. The maximum atomic E-state index is 11.0. The molecule has 1 rings (SSSR count). The molecule has 0 heterocycles. The van der Waals surface area contributed by atoms with Crippen LogP contribution in [0.3, 0.4) is 0 Å². The number of carbonyl (C=O) groups is 1. The lowest BCUT2D eigenvalue weighted by Gasteiger charge is -2.20. The summed E-state index contributed by atoms with van der Waals surface area (Å²) in [5.74, 6) is -0.119. The lowest BCUT2D eigenvalue weighted by Crippen LogP contribution is -2.26. The summed E-state index contributed by atoms with van der Waals surface area (Å²) in [6.07, 6.45) is 0. The number of carboxylic acids is 1. The Morgan fingerprint density at radius 3 is 2.56 bits per heavy atom. The van der Waals surface area contributed by atoms with Crippen molar-refractivity contribution in [2.45, 2.75) is 30.4 Å². The first kappa shape index (κ1) is 12.9. The molecule has 0 amide bonds. The van der Waals surface area contributed by atoms with E-state index in [4.69, 9.17) is 9.84 Å². The largest absolute Gasteiger partial charge is 0.496 e. The van der Waals surface area contributed by atoms with Crippen molar-refractivity contribution in [1.29, 1.82) is 0 Å². The van der Waals surface area contributed by atoms with E-state index in [0.717, 1.165) is 10.5 Å². The standard InChI is InChI=1S/C12H16O3S/c1-8-5-6-9(15-4)10(7-8)16-12(2,3)11(13)14/h5-7H,1-4H3,(H,13,14). The van der Waals surface area contributed by atoms with Crippen LogP contribution in [0.1, 0.15) is 19.4 Å². The molecule has 1 N–H and O–H groups in total. The molecule has 0 atom stereocenters. The highest BCUT2D eigenvalue weighted by Crippen LogP contribution is 2.38. The van der Waals surface area contributed by atoms with Crippen LogP contribution >= 0.6 is 11.8 Å². The number of rotatable bonds is 4. The molecule has 1 aromatic rings. The van der Waals surface area contributed by atoms with Crippen LogP contribution in [0.2, 0.25) is 0 Å². The van der Waals surface area contributed by atoms with Crippen LogP contribution in [0.5, 0.6) is 5.75 Å². The van der Waals surface area contributed by atoms with Gasteiger partial charge in [0.2, 0.25) is 0 Å². The van der Waals surface area contributed by atoms with Gasteiger partial charge in [-0.2, -0.15) is 0 Å². The normalized spacial score (nSPS) is 11.2. The lowest BCUT2D eigenvalue weighted by atomic mass is 10.2. The summed E-state index contributed by atoms with van der Waals surface area (Å²) < 4.78 is 4.35. The van der Waals surface area contributed by atoms with Gasteiger partial charge in [-0.3, -0.25) is 4.79 Å². The number of methoxy groups -OCH3 is 1. The minimum atomic E-state index is -0.860. The van der Waals surface area contributed by atoms with Gasteiger partial charge in [0.25, 0.3) is 0 Å². The molecule has 0 aliphatic rings. The minimum Gasteiger partial charge on any atom is -0.496 e. The first-order valence-electron chi connectivity index (χ1n) is 4.94. The van der Waals surface area contributed by atoms with Crippen molar-refractivity contribution in [2.75, 3.05) is 7.11 Å². The molecule has 4 heteroatoms. The number of aliphatic carboxylic acids is 1. The molecule has 88 valence electrons. The topological polar surface area (TPSA) is 46.5 Å². The van der Waals surface area contributed by atoms with Gasteiger partial charge in [-0.15, -0.1) is 11.8 Å². The Morgan fingerprint density at radius 2 is 2.06 bits per heavy atom. The quantitative estimate of drug-likeness (QED) is 0.822. The van der Waals surface area contributed by atoms with E-state index >= 15 is 0 Å². The summed E-state index contributed by atoms with van der Waals surface area (Å²) in [5.41, 5.74) is 1.09.